The maximum Gasteiger partial charge on any atom is 0.247 e. The molecule has 40 heavy (non-hydrogen) atoms. The van der Waals surface area contributed by atoms with Crippen molar-refractivity contribution in [3.63, 3.8) is 0 Å². The minimum atomic E-state index is -0.516. The van der Waals surface area contributed by atoms with Crippen LogP contribution < -0.4 is 15.4 Å². The van der Waals surface area contributed by atoms with Crippen molar-refractivity contribution >= 4 is 34.0 Å². The second kappa shape index (κ2) is 12.6. The molecule has 4 aromatic rings. The van der Waals surface area contributed by atoms with Gasteiger partial charge >= 0.3 is 0 Å². The van der Waals surface area contributed by atoms with E-state index < -0.39 is 17.5 Å². The van der Waals surface area contributed by atoms with Crippen LogP contribution in [0.25, 0.3) is 22.2 Å². The lowest BCUT2D eigenvalue weighted by Gasteiger charge is -2.26. The molecule has 2 N–H and O–H groups in total. The van der Waals surface area contributed by atoms with Gasteiger partial charge in [0, 0.05) is 36.7 Å². The average molecular weight is 547 g/mol. The van der Waals surface area contributed by atoms with E-state index in [2.05, 4.69) is 37.1 Å². The number of nitrogens with zero attached hydrogens (tertiary/aromatic N) is 4. The Bertz CT molecular complexity index is 1510. The van der Waals surface area contributed by atoms with Gasteiger partial charge < -0.3 is 20.1 Å². The summed E-state index contributed by atoms with van der Waals surface area (Å²) in [5.41, 5.74) is 2.17. The fourth-order valence-electron chi connectivity index (χ4n) is 4.33. The van der Waals surface area contributed by atoms with Crippen LogP contribution in [0.4, 0.5) is 26.0 Å². The van der Waals surface area contributed by atoms with Crippen LogP contribution in [0.15, 0.2) is 67.6 Å². The number of aromatic nitrogens is 3. The predicted molar refractivity (Wildman–Crippen MR) is 149 cm³/mol. The van der Waals surface area contributed by atoms with E-state index in [1.165, 1.54) is 24.5 Å². The van der Waals surface area contributed by atoms with E-state index in [9.17, 15) is 13.6 Å². The van der Waals surface area contributed by atoms with Crippen molar-refractivity contribution in [1.82, 2.24) is 19.9 Å². The monoisotopic (exact) mass is 546 g/mol. The van der Waals surface area contributed by atoms with E-state index in [1.807, 2.05) is 0 Å². The third-order valence-corrected chi connectivity index (χ3v) is 6.40. The van der Waals surface area contributed by atoms with E-state index in [4.69, 9.17) is 9.47 Å². The molecule has 0 unspecified atom stereocenters. The number of hydrogen-bond acceptors (Lipinski definition) is 8. The summed E-state index contributed by atoms with van der Waals surface area (Å²) in [6.07, 6.45) is 4.42. The number of amides is 1. The van der Waals surface area contributed by atoms with Crippen LogP contribution in [0.5, 0.6) is 5.75 Å². The number of nitrogens with one attached hydrogen (secondary N) is 2. The zero-order valence-corrected chi connectivity index (χ0v) is 21.7. The number of halogens is 2. The highest BCUT2D eigenvalue weighted by atomic mass is 19.1. The smallest absolute Gasteiger partial charge is 0.247 e. The highest BCUT2D eigenvalue weighted by Crippen LogP contribution is 2.34. The molecule has 1 saturated heterocycles. The van der Waals surface area contributed by atoms with E-state index >= 15 is 0 Å². The summed E-state index contributed by atoms with van der Waals surface area (Å²) in [7, 11) is 0. The molecular weight excluding hydrogens is 518 g/mol. The van der Waals surface area contributed by atoms with Crippen molar-refractivity contribution in [2.24, 2.45) is 0 Å². The normalized spacial score (nSPS) is 13.7. The van der Waals surface area contributed by atoms with Crippen molar-refractivity contribution in [3.05, 3.63) is 79.3 Å². The van der Waals surface area contributed by atoms with Gasteiger partial charge in [-0.05, 0) is 48.9 Å². The second-order valence-corrected chi connectivity index (χ2v) is 9.12. The van der Waals surface area contributed by atoms with Crippen LogP contribution in [-0.4, -0.2) is 65.2 Å². The van der Waals surface area contributed by atoms with Crippen molar-refractivity contribution in [2.75, 3.05) is 50.1 Å². The summed E-state index contributed by atoms with van der Waals surface area (Å²) >= 11 is 0. The lowest BCUT2D eigenvalue weighted by Crippen LogP contribution is -2.37. The maximum atomic E-state index is 14.8. The molecule has 0 aliphatic carbocycles. The molecule has 0 bridgehead atoms. The number of hydrogen-bond donors (Lipinski definition) is 2. The van der Waals surface area contributed by atoms with Crippen molar-refractivity contribution in [3.8, 4) is 17.0 Å². The number of rotatable bonds is 10. The SMILES string of the molecule is C=CC(=O)Nc1cc2c(Nc3cc(-c4ccc(F)cn4)ccc3F)ncnc2cc1OCCCN1CCOCC1. The van der Waals surface area contributed by atoms with Gasteiger partial charge in [-0.25, -0.2) is 18.7 Å². The molecule has 0 atom stereocenters. The third kappa shape index (κ3) is 6.56. The number of benzene rings is 2. The molecule has 9 nitrogen and oxygen atoms in total. The molecular formula is C29H28F2N6O3. The molecule has 3 heterocycles. The van der Waals surface area contributed by atoms with Crippen LogP contribution in [-0.2, 0) is 9.53 Å². The molecule has 1 aliphatic rings. The first-order valence-corrected chi connectivity index (χ1v) is 12.8. The second-order valence-electron chi connectivity index (χ2n) is 9.12. The molecule has 206 valence electrons. The van der Waals surface area contributed by atoms with Gasteiger partial charge in [-0.2, -0.15) is 0 Å². The number of carbonyl (C=O) groups is 1. The number of morpholine rings is 1. The van der Waals surface area contributed by atoms with Crippen LogP contribution in [0.2, 0.25) is 0 Å². The van der Waals surface area contributed by atoms with Gasteiger partial charge in [0.05, 0.1) is 48.6 Å². The Labute approximate surface area is 229 Å². The van der Waals surface area contributed by atoms with Gasteiger partial charge in [-0.1, -0.05) is 6.58 Å². The molecule has 1 amide bonds. The molecule has 1 fully saturated rings. The molecule has 1 aliphatic heterocycles. The van der Waals surface area contributed by atoms with Gasteiger partial charge in [-0.15, -0.1) is 0 Å². The standard InChI is InChI=1S/C29H28F2N6O3/c1-2-28(38)35-26-15-21-24(16-27(26)40-11-3-8-37-9-12-39-13-10-37)33-18-34-29(21)36-25-14-19(4-6-22(25)31)23-7-5-20(30)17-32-23/h2,4-7,14-18H,1,3,8-13H2,(H,35,38)(H,33,34,36). The summed E-state index contributed by atoms with van der Waals surface area (Å²) in [6, 6.07) is 10.6. The number of ether oxygens (including phenoxy) is 2. The Balaban J connectivity index is 1.40. The van der Waals surface area contributed by atoms with Crippen LogP contribution in [0.3, 0.4) is 0 Å². The first kappa shape index (κ1) is 27.1. The lowest BCUT2D eigenvalue weighted by molar-refractivity contribution is -0.111. The topological polar surface area (TPSA) is 102 Å². The van der Waals surface area contributed by atoms with E-state index in [1.54, 1.807) is 24.3 Å². The maximum absolute atomic E-state index is 14.8. The van der Waals surface area contributed by atoms with Crippen molar-refractivity contribution < 1.29 is 23.0 Å². The number of pyridine rings is 1. The number of carbonyl (C=O) groups excluding carboxylic acids is 1. The summed E-state index contributed by atoms with van der Waals surface area (Å²) in [5, 5.41) is 6.33. The molecule has 2 aromatic heterocycles. The molecule has 5 rings (SSSR count). The van der Waals surface area contributed by atoms with Gasteiger partial charge in [0.2, 0.25) is 5.91 Å². The van der Waals surface area contributed by atoms with E-state index in [-0.39, 0.29) is 5.69 Å². The molecule has 0 radical (unpaired) electrons. The van der Waals surface area contributed by atoms with Gasteiger partial charge in [0.15, 0.2) is 0 Å². The Morgan fingerprint density at radius 1 is 1.07 bits per heavy atom. The van der Waals surface area contributed by atoms with Gasteiger partial charge in [-0.3, -0.25) is 14.7 Å². The first-order chi connectivity index (χ1) is 19.5. The van der Waals surface area contributed by atoms with Crippen LogP contribution >= 0.6 is 0 Å². The Morgan fingerprint density at radius 3 is 2.70 bits per heavy atom. The van der Waals surface area contributed by atoms with E-state index in [0.29, 0.717) is 46.0 Å². The summed E-state index contributed by atoms with van der Waals surface area (Å²) in [6.45, 7) is 8.09. The molecule has 2 aromatic carbocycles. The van der Waals surface area contributed by atoms with Crippen LogP contribution in [0.1, 0.15) is 6.42 Å². The van der Waals surface area contributed by atoms with Crippen molar-refractivity contribution in [2.45, 2.75) is 6.42 Å². The van der Waals surface area contributed by atoms with Gasteiger partial charge in [0.25, 0.3) is 0 Å². The summed E-state index contributed by atoms with van der Waals surface area (Å²) in [4.78, 5) is 27.2. The zero-order chi connectivity index (χ0) is 27.9. The number of anilines is 3. The lowest BCUT2D eigenvalue weighted by atomic mass is 10.1. The molecule has 11 heteroatoms. The van der Waals surface area contributed by atoms with Crippen LogP contribution in [0, 0.1) is 11.6 Å². The average Bonchev–Trinajstić information content (AvgIpc) is 2.97. The predicted octanol–water partition coefficient (Wildman–Crippen LogP) is 4.94. The fourth-order valence-corrected chi connectivity index (χ4v) is 4.33. The Kier molecular flexibility index (Phi) is 8.53. The van der Waals surface area contributed by atoms with E-state index in [0.717, 1.165) is 51.5 Å². The third-order valence-electron chi connectivity index (χ3n) is 6.40. The Hall–Kier alpha value is -4.48. The highest BCUT2D eigenvalue weighted by molar-refractivity contribution is 6.03. The number of fused-ring (bicyclic) bond motifs is 1. The van der Waals surface area contributed by atoms with Gasteiger partial charge in [0.1, 0.15) is 29.5 Å². The summed E-state index contributed by atoms with van der Waals surface area (Å²) in [5.74, 6) is -0.616. The molecule has 0 spiro atoms. The highest BCUT2D eigenvalue weighted by Gasteiger charge is 2.15. The minimum Gasteiger partial charge on any atom is -0.491 e. The molecule has 0 saturated carbocycles. The van der Waals surface area contributed by atoms with Crippen molar-refractivity contribution in [1.29, 1.82) is 0 Å². The fraction of sp³-hybridized carbons (Fsp3) is 0.241. The minimum absolute atomic E-state index is 0.142. The first-order valence-electron chi connectivity index (χ1n) is 12.8. The zero-order valence-electron chi connectivity index (χ0n) is 21.7. The largest absolute Gasteiger partial charge is 0.491 e. The Morgan fingerprint density at radius 2 is 1.93 bits per heavy atom. The summed E-state index contributed by atoms with van der Waals surface area (Å²) < 4.78 is 39.6. The quantitative estimate of drug-likeness (QED) is 0.213.